The summed E-state index contributed by atoms with van der Waals surface area (Å²) in [7, 11) is 3.09. The molecule has 0 aromatic carbocycles. The molecule has 0 N–H and O–H groups in total. The Morgan fingerprint density at radius 3 is 2.41 bits per heavy atom. The van der Waals surface area contributed by atoms with Crippen LogP contribution in [0.5, 0.6) is 0 Å². The molecule has 0 unspecified atom stereocenters. The van der Waals surface area contributed by atoms with E-state index in [1.54, 1.807) is 13.1 Å². The standard InChI is InChI=1S/C12H15N3O2/c1-8-5-6-9(2)15(8)11-7-10(12(16)17-4)14(3)13-11/h5-7H,1-4H3. The molecule has 5 heteroatoms. The second-order valence-corrected chi connectivity index (χ2v) is 3.95. The summed E-state index contributed by atoms with van der Waals surface area (Å²) in [5, 5.41) is 4.32. The van der Waals surface area contributed by atoms with Crippen LogP contribution in [0.1, 0.15) is 21.9 Å². The van der Waals surface area contributed by atoms with Gasteiger partial charge in [0.15, 0.2) is 5.82 Å². The molecule has 0 aliphatic carbocycles. The molecule has 0 spiro atoms. The van der Waals surface area contributed by atoms with Gasteiger partial charge in [-0.25, -0.2) is 4.79 Å². The largest absolute Gasteiger partial charge is 0.464 e. The summed E-state index contributed by atoms with van der Waals surface area (Å²) in [6.45, 7) is 4.00. The Kier molecular flexibility index (Phi) is 2.75. The molecule has 17 heavy (non-hydrogen) atoms. The highest BCUT2D eigenvalue weighted by Crippen LogP contribution is 2.16. The number of esters is 1. The quantitative estimate of drug-likeness (QED) is 0.740. The lowest BCUT2D eigenvalue weighted by molar-refractivity contribution is 0.0588. The van der Waals surface area contributed by atoms with Crippen molar-refractivity contribution in [2.45, 2.75) is 13.8 Å². The molecule has 0 atom stereocenters. The lowest BCUT2D eigenvalue weighted by Crippen LogP contribution is -2.08. The highest BCUT2D eigenvalue weighted by Gasteiger charge is 2.15. The molecule has 0 saturated heterocycles. The molecule has 2 aromatic heterocycles. The second-order valence-electron chi connectivity index (χ2n) is 3.95. The Morgan fingerprint density at radius 2 is 1.88 bits per heavy atom. The molecule has 0 fully saturated rings. The highest BCUT2D eigenvalue weighted by molar-refractivity contribution is 5.87. The van der Waals surface area contributed by atoms with E-state index in [1.807, 2.05) is 30.5 Å². The van der Waals surface area contributed by atoms with Crippen LogP contribution in [0, 0.1) is 13.8 Å². The summed E-state index contributed by atoms with van der Waals surface area (Å²) >= 11 is 0. The summed E-state index contributed by atoms with van der Waals surface area (Å²) in [5.74, 6) is 0.349. The van der Waals surface area contributed by atoms with Crippen molar-refractivity contribution >= 4 is 5.97 Å². The van der Waals surface area contributed by atoms with Crippen LogP contribution in [-0.2, 0) is 11.8 Å². The number of ether oxygens (including phenoxy) is 1. The van der Waals surface area contributed by atoms with Gasteiger partial charge in [0.25, 0.3) is 0 Å². The SMILES string of the molecule is COC(=O)c1cc(-n2c(C)ccc2C)nn1C. The van der Waals surface area contributed by atoms with Crippen molar-refractivity contribution in [3.8, 4) is 5.82 Å². The first-order valence-corrected chi connectivity index (χ1v) is 5.32. The molecule has 0 aliphatic heterocycles. The maximum Gasteiger partial charge on any atom is 0.356 e. The molecular weight excluding hydrogens is 218 g/mol. The molecule has 0 aliphatic rings. The van der Waals surface area contributed by atoms with Gasteiger partial charge in [0.05, 0.1) is 7.11 Å². The van der Waals surface area contributed by atoms with Gasteiger partial charge in [-0.2, -0.15) is 5.10 Å². The van der Waals surface area contributed by atoms with Crippen LogP contribution >= 0.6 is 0 Å². The molecule has 0 amide bonds. The van der Waals surface area contributed by atoms with Crippen LogP contribution in [0.25, 0.3) is 5.82 Å². The van der Waals surface area contributed by atoms with E-state index in [1.165, 1.54) is 11.8 Å². The van der Waals surface area contributed by atoms with Crippen LogP contribution in [0.3, 0.4) is 0 Å². The van der Waals surface area contributed by atoms with E-state index in [0.29, 0.717) is 5.69 Å². The number of hydrogen-bond donors (Lipinski definition) is 0. The predicted molar refractivity (Wildman–Crippen MR) is 63.3 cm³/mol. The van der Waals surface area contributed by atoms with Crippen molar-refractivity contribution in [3.05, 3.63) is 35.3 Å². The van der Waals surface area contributed by atoms with E-state index >= 15 is 0 Å². The van der Waals surface area contributed by atoms with E-state index in [2.05, 4.69) is 5.10 Å². The fourth-order valence-electron chi connectivity index (χ4n) is 1.89. The van der Waals surface area contributed by atoms with Crippen molar-refractivity contribution in [3.63, 3.8) is 0 Å². The maximum atomic E-state index is 11.5. The molecule has 90 valence electrons. The molecule has 0 radical (unpaired) electrons. The molecule has 2 heterocycles. The average molecular weight is 233 g/mol. The van der Waals surface area contributed by atoms with E-state index < -0.39 is 0 Å². The molecule has 0 saturated carbocycles. The Morgan fingerprint density at radius 1 is 1.29 bits per heavy atom. The normalized spacial score (nSPS) is 10.6. The average Bonchev–Trinajstić information content (AvgIpc) is 2.81. The fourth-order valence-corrected chi connectivity index (χ4v) is 1.89. The third kappa shape index (κ3) is 1.84. The van der Waals surface area contributed by atoms with Crippen LogP contribution in [0.2, 0.25) is 0 Å². The maximum absolute atomic E-state index is 11.5. The van der Waals surface area contributed by atoms with Gasteiger partial charge in [-0.05, 0) is 26.0 Å². The number of nitrogens with zero attached hydrogens (tertiary/aromatic N) is 3. The van der Waals surface area contributed by atoms with Crippen molar-refractivity contribution in [1.82, 2.24) is 14.3 Å². The summed E-state index contributed by atoms with van der Waals surface area (Å²) < 4.78 is 8.22. The first-order chi connectivity index (χ1) is 8.04. The van der Waals surface area contributed by atoms with Gasteiger partial charge < -0.3 is 9.30 Å². The van der Waals surface area contributed by atoms with Gasteiger partial charge >= 0.3 is 5.97 Å². The Labute approximate surface area is 99.6 Å². The Hall–Kier alpha value is -2.04. The zero-order chi connectivity index (χ0) is 12.6. The van der Waals surface area contributed by atoms with Gasteiger partial charge in [-0.3, -0.25) is 4.68 Å². The van der Waals surface area contributed by atoms with Crippen LogP contribution in [0.15, 0.2) is 18.2 Å². The van der Waals surface area contributed by atoms with Gasteiger partial charge in [0.2, 0.25) is 0 Å². The first-order valence-electron chi connectivity index (χ1n) is 5.32. The van der Waals surface area contributed by atoms with E-state index in [9.17, 15) is 4.79 Å². The highest BCUT2D eigenvalue weighted by atomic mass is 16.5. The zero-order valence-electron chi connectivity index (χ0n) is 10.4. The molecule has 5 nitrogen and oxygen atoms in total. The smallest absolute Gasteiger partial charge is 0.356 e. The number of aryl methyl sites for hydroxylation is 3. The number of carbonyl (C=O) groups excluding carboxylic acids is 1. The number of aromatic nitrogens is 3. The first kappa shape index (κ1) is 11.4. The predicted octanol–water partition coefficient (Wildman–Crippen LogP) is 1.61. The number of hydrogen-bond acceptors (Lipinski definition) is 3. The lowest BCUT2D eigenvalue weighted by Gasteiger charge is -2.03. The monoisotopic (exact) mass is 233 g/mol. The van der Waals surface area contributed by atoms with E-state index in [-0.39, 0.29) is 5.97 Å². The fraction of sp³-hybridized carbons (Fsp3) is 0.333. The second kappa shape index (κ2) is 4.08. The Bertz CT molecular complexity index is 547. The molecular formula is C12H15N3O2. The van der Waals surface area contributed by atoms with Crippen LogP contribution in [0.4, 0.5) is 0 Å². The minimum Gasteiger partial charge on any atom is -0.464 e. The van der Waals surface area contributed by atoms with Gasteiger partial charge in [0, 0.05) is 24.5 Å². The van der Waals surface area contributed by atoms with Gasteiger partial charge in [0.1, 0.15) is 5.69 Å². The van der Waals surface area contributed by atoms with Crippen LogP contribution < -0.4 is 0 Å². The Balaban J connectivity index is 2.52. The zero-order valence-corrected chi connectivity index (χ0v) is 10.4. The topological polar surface area (TPSA) is 49.1 Å². The molecule has 0 bridgehead atoms. The lowest BCUT2D eigenvalue weighted by atomic mass is 10.4. The molecule has 2 aromatic rings. The van der Waals surface area contributed by atoms with Gasteiger partial charge in [-0.15, -0.1) is 0 Å². The minimum absolute atomic E-state index is 0.381. The third-order valence-electron chi connectivity index (χ3n) is 2.76. The van der Waals surface area contributed by atoms with Crippen molar-refractivity contribution in [2.75, 3.05) is 7.11 Å². The summed E-state index contributed by atoms with van der Waals surface area (Å²) in [6.07, 6.45) is 0. The summed E-state index contributed by atoms with van der Waals surface area (Å²) in [4.78, 5) is 11.5. The summed E-state index contributed by atoms with van der Waals surface area (Å²) in [6, 6.07) is 5.76. The van der Waals surface area contributed by atoms with E-state index in [4.69, 9.17) is 4.74 Å². The van der Waals surface area contributed by atoms with Crippen molar-refractivity contribution in [1.29, 1.82) is 0 Å². The number of methoxy groups -OCH3 is 1. The number of rotatable bonds is 2. The van der Waals surface area contributed by atoms with E-state index in [0.717, 1.165) is 17.2 Å². The molecule has 2 rings (SSSR count). The minimum atomic E-state index is -0.381. The van der Waals surface area contributed by atoms with Gasteiger partial charge in [-0.1, -0.05) is 0 Å². The summed E-state index contributed by atoms with van der Waals surface area (Å²) in [5.41, 5.74) is 2.60. The van der Waals surface area contributed by atoms with Crippen molar-refractivity contribution < 1.29 is 9.53 Å². The van der Waals surface area contributed by atoms with Crippen molar-refractivity contribution in [2.24, 2.45) is 7.05 Å². The third-order valence-corrected chi connectivity index (χ3v) is 2.76. The number of carbonyl (C=O) groups is 1. The van der Waals surface area contributed by atoms with Crippen LogP contribution in [-0.4, -0.2) is 27.4 Å².